The van der Waals surface area contributed by atoms with E-state index in [0.717, 1.165) is 11.1 Å². The van der Waals surface area contributed by atoms with Gasteiger partial charge in [0.1, 0.15) is 5.78 Å². The second-order valence-corrected chi connectivity index (χ2v) is 13.0. The number of nitrogens with zero attached hydrogens (tertiary/aromatic N) is 1. The first-order valence-corrected chi connectivity index (χ1v) is 14.5. The molecule has 1 fully saturated rings. The first-order chi connectivity index (χ1) is 18.8. The minimum atomic E-state index is -3.72. The number of hydrogen-bond donors (Lipinski definition) is 4. The van der Waals surface area contributed by atoms with Crippen molar-refractivity contribution in [2.24, 2.45) is 5.41 Å². The van der Waals surface area contributed by atoms with Crippen LogP contribution in [-0.2, 0) is 16.6 Å². The summed E-state index contributed by atoms with van der Waals surface area (Å²) in [5, 5.41) is 19.1. The molecule has 0 spiro atoms. The van der Waals surface area contributed by atoms with Gasteiger partial charge in [0.25, 0.3) is 0 Å². The fourth-order valence-corrected chi connectivity index (χ4v) is 6.83. The second-order valence-electron chi connectivity index (χ2n) is 10.9. The molecule has 1 aliphatic carbocycles. The number of aliphatic hydroxyl groups excluding tert-OH is 2. The van der Waals surface area contributed by atoms with Crippen LogP contribution < -0.4 is 9.47 Å². The van der Waals surface area contributed by atoms with Gasteiger partial charge in [0.05, 0.1) is 35.0 Å². The zero-order valence-electron chi connectivity index (χ0n) is 22.1. The minimum Gasteiger partial charge on any atom is -0.396 e. The lowest BCUT2D eigenvalue weighted by atomic mass is 9.88. The van der Waals surface area contributed by atoms with Gasteiger partial charge in [0.15, 0.2) is 11.5 Å². The number of benzene rings is 2. The molecule has 0 bridgehead atoms. The molecule has 40 heavy (non-hydrogen) atoms. The van der Waals surface area contributed by atoms with Crippen LogP contribution in [0.4, 0.5) is 8.78 Å². The lowest BCUT2D eigenvalue weighted by molar-refractivity contribution is -0.286. The molecule has 2 aliphatic rings. The Bertz CT molecular complexity index is 1450. The summed E-state index contributed by atoms with van der Waals surface area (Å²) in [4.78, 5) is 18.4. The summed E-state index contributed by atoms with van der Waals surface area (Å²) in [6.45, 7) is 2.68. The largest absolute Gasteiger partial charge is 0.586 e. The molecule has 0 radical (unpaired) electrons. The van der Waals surface area contributed by atoms with Crippen LogP contribution in [0.15, 0.2) is 59.5 Å². The number of alkyl halides is 2. The number of aryl methyl sites for hydroxylation is 1. The molecular formula is C29H35F2NO7S. The number of rotatable bonds is 10. The topological polar surface area (TPSA) is 129 Å². The van der Waals surface area contributed by atoms with Crippen molar-refractivity contribution in [2.45, 2.75) is 49.7 Å². The van der Waals surface area contributed by atoms with Crippen LogP contribution >= 0.6 is 10.6 Å². The summed E-state index contributed by atoms with van der Waals surface area (Å²) in [7, 11) is -3.26. The molecule has 0 amide bonds. The van der Waals surface area contributed by atoms with E-state index in [4.69, 9.17) is 4.98 Å². The van der Waals surface area contributed by atoms with Crippen LogP contribution in [0.1, 0.15) is 39.4 Å². The molecule has 4 N–H and O–H groups in total. The predicted octanol–water partition coefficient (Wildman–Crippen LogP) is 5.81. The van der Waals surface area contributed by atoms with Gasteiger partial charge in [-0.15, -0.1) is 8.78 Å². The van der Waals surface area contributed by atoms with Gasteiger partial charge in [-0.3, -0.25) is 18.9 Å². The standard InChI is InChI=1S/C29H31F2NO7S.2H2/c1-18-3-7-21(14-25(35)28(11-12-28)20-6-10-23-24(13-20)39-29(30,31)38-23)32-26(18)19-4-8-22(9-5-19)40(36,37)17-27(2,15-33)16-34;;/h3-10,13,33-34,36-37H,11-12,14-17H2,1-2H3;2*1H. The first-order valence-electron chi connectivity index (χ1n) is 12.8. The van der Waals surface area contributed by atoms with E-state index >= 15 is 0 Å². The Morgan fingerprint density at radius 1 is 1.02 bits per heavy atom. The molecular weight excluding hydrogens is 544 g/mol. The number of fused-ring (bicyclic) bond motifs is 1. The maximum atomic E-state index is 13.5. The number of Topliss-reactive ketones (excluding diaryl/α,β-unsaturated/α-hetero) is 1. The lowest BCUT2D eigenvalue weighted by Crippen LogP contribution is -2.32. The fraction of sp³-hybridized carbons (Fsp3) is 0.379. The van der Waals surface area contributed by atoms with E-state index < -0.39 is 40.9 Å². The molecule has 0 unspecified atom stereocenters. The Morgan fingerprint density at radius 3 is 2.30 bits per heavy atom. The van der Waals surface area contributed by atoms with Gasteiger partial charge in [-0.2, -0.15) is 10.6 Å². The fourth-order valence-electron chi connectivity index (χ4n) is 4.93. The van der Waals surface area contributed by atoms with Crippen molar-refractivity contribution in [1.82, 2.24) is 4.98 Å². The Morgan fingerprint density at radius 2 is 1.68 bits per heavy atom. The molecule has 8 nitrogen and oxygen atoms in total. The summed E-state index contributed by atoms with van der Waals surface area (Å²) in [6, 6.07) is 14.7. The van der Waals surface area contributed by atoms with E-state index in [2.05, 4.69) is 9.47 Å². The highest BCUT2D eigenvalue weighted by Crippen LogP contribution is 2.53. The van der Waals surface area contributed by atoms with Crippen LogP contribution in [0.25, 0.3) is 11.3 Å². The number of hydrogen-bond acceptors (Lipinski definition) is 8. The number of ketones is 1. The molecule has 11 heteroatoms. The average Bonchev–Trinajstić information content (AvgIpc) is 3.66. The molecule has 1 saturated carbocycles. The Labute approximate surface area is 234 Å². The first kappa shape index (κ1) is 28.4. The third kappa shape index (κ3) is 5.44. The number of aliphatic hydroxyl groups is 2. The predicted molar refractivity (Wildman–Crippen MR) is 149 cm³/mol. The van der Waals surface area contributed by atoms with Gasteiger partial charge in [-0.1, -0.05) is 31.2 Å². The molecule has 3 aromatic rings. The van der Waals surface area contributed by atoms with Gasteiger partial charge in [0.2, 0.25) is 0 Å². The molecule has 0 atom stereocenters. The summed E-state index contributed by atoms with van der Waals surface area (Å²) >= 11 is 0. The van der Waals surface area contributed by atoms with Crippen LogP contribution in [-0.4, -0.2) is 55.3 Å². The molecule has 1 aromatic heterocycles. The SMILES string of the molecule is Cc1ccc(CC(=O)C2(c3ccc4c(c3)OC(F)(F)O4)CC2)nc1-c1ccc(S(O)(O)CC(C)(CO)CO)cc1.[HH].[HH]. The molecule has 1 aliphatic heterocycles. The Balaban J connectivity index is 0.00000242. The van der Waals surface area contributed by atoms with E-state index in [-0.39, 0.29) is 37.2 Å². The maximum absolute atomic E-state index is 13.5. The van der Waals surface area contributed by atoms with E-state index in [1.54, 1.807) is 43.3 Å². The molecule has 2 heterocycles. The quantitative estimate of drug-likeness (QED) is 0.237. The average molecular weight is 580 g/mol. The highest BCUT2D eigenvalue weighted by molar-refractivity contribution is 8.24. The number of ether oxygens (including phenoxy) is 2. The number of aromatic nitrogens is 1. The zero-order valence-corrected chi connectivity index (χ0v) is 22.9. The lowest BCUT2D eigenvalue weighted by Gasteiger charge is -2.39. The zero-order chi connectivity index (χ0) is 28.9. The van der Waals surface area contributed by atoms with Crippen molar-refractivity contribution in [3.8, 4) is 22.8 Å². The maximum Gasteiger partial charge on any atom is 0.586 e. The van der Waals surface area contributed by atoms with E-state index in [9.17, 15) is 32.9 Å². The van der Waals surface area contributed by atoms with Gasteiger partial charge in [-0.25, -0.2) is 0 Å². The smallest absolute Gasteiger partial charge is 0.396 e. The van der Waals surface area contributed by atoms with Crippen molar-refractivity contribution in [3.63, 3.8) is 0 Å². The van der Waals surface area contributed by atoms with Crippen molar-refractivity contribution in [2.75, 3.05) is 19.0 Å². The van der Waals surface area contributed by atoms with E-state index in [0.29, 0.717) is 29.8 Å². The minimum absolute atomic E-state index is 0. The van der Waals surface area contributed by atoms with Crippen molar-refractivity contribution in [3.05, 3.63) is 71.4 Å². The second kappa shape index (κ2) is 10.1. The summed E-state index contributed by atoms with van der Waals surface area (Å²) < 4.78 is 57.4. The number of carbonyl (C=O) groups excluding carboxylic acids is 1. The molecule has 0 saturated heterocycles. The van der Waals surface area contributed by atoms with Crippen LogP contribution in [0.3, 0.4) is 0 Å². The van der Waals surface area contributed by atoms with Gasteiger partial charge in [-0.05, 0) is 61.2 Å². The highest BCUT2D eigenvalue weighted by atomic mass is 32.3. The van der Waals surface area contributed by atoms with Crippen molar-refractivity contribution >= 4 is 16.4 Å². The third-order valence-electron chi connectivity index (χ3n) is 7.55. The van der Waals surface area contributed by atoms with Crippen LogP contribution in [0.2, 0.25) is 0 Å². The third-order valence-corrected chi connectivity index (χ3v) is 9.68. The van der Waals surface area contributed by atoms with Gasteiger partial charge >= 0.3 is 6.29 Å². The number of pyridine rings is 1. The van der Waals surface area contributed by atoms with Gasteiger partial charge < -0.3 is 19.7 Å². The van der Waals surface area contributed by atoms with Crippen molar-refractivity contribution in [1.29, 1.82) is 0 Å². The molecule has 218 valence electrons. The molecule has 5 rings (SSSR count). The van der Waals surface area contributed by atoms with E-state index in [1.807, 2.05) is 13.0 Å². The van der Waals surface area contributed by atoms with Crippen molar-refractivity contribution < 1.29 is 45.2 Å². The van der Waals surface area contributed by atoms with Crippen LogP contribution in [0.5, 0.6) is 11.5 Å². The van der Waals surface area contributed by atoms with Crippen LogP contribution in [0, 0.1) is 12.3 Å². The summed E-state index contributed by atoms with van der Waals surface area (Å²) in [5.41, 5.74) is 1.56. The number of halogens is 2. The Kier molecular flexibility index (Phi) is 7.16. The summed E-state index contributed by atoms with van der Waals surface area (Å²) in [5.74, 6) is -0.408. The Hall–Kier alpha value is -3.09. The normalized spacial score (nSPS) is 17.5. The monoisotopic (exact) mass is 579 g/mol. The molecule has 2 aromatic carbocycles. The summed E-state index contributed by atoms with van der Waals surface area (Å²) in [6.07, 6.45) is -2.48. The highest BCUT2D eigenvalue weighted by Gasteiger charge is 2.52. The van der Waals surface area contributed by atoms with Gasteiger partial charge in [0, 0.05) is 25.9 Å². The number of carbonyl (C=O) groups is 1. The van der Waals surface area contributed by atoms with E-state index in [1.165, 1.54) is 12.1 Å².